The van der Waals surface area contributed by atoms with E-state index in [9.17, 15) is 9.18 Å². The summed E-state index contributed by atoms with van der Waals surface area (Å²) < 4.78 is 13.1. The van der Waals surface area contributed by atoms with Crippen LogP contribution in [-0.2, 0) is 0 Å². The molecule has 1 N–H and O–H groups in total. The maximum Gasteiger partial charge on any atom is 0.274 e. The van der Waals surface area contributed by atoms with E-state index in [0.29, 0.717) is 11.4 Å². The van der Waals surface area contributed by atoms with Crippen LogP contribution in [0.5, 0.6) is 0 Å². The van der Waals surface area contributed by atoms with Gasteiger partial charge in [0.2, 0.25) is 0 Å². The topological polar surface area (TPSA) is 45.2 Å². The summed E-state index contributed by atoms with van der Waals surface area (Å²) in [4.78, 5) is 18.8. The van der Waals surface area contributed by atoms with Gasteiger partial charge in [0.1, 0.15) is 11.5 Å². The molecule has 2 heterocycles. The number of carbonyl (C=O) groups excluding carboxylic acids is 1. The van der Waals surface area contributed by atoms with Crippen LogP contribution in [0, 0.1) is 5.82 Å². The maximum atomic E-state index is 13.1. The number of hydrogen-bond acceptors (Lipinski definition) is 3. The van der Waals surface area contributed by atoms with E-state index in [1.54, 1.807) is 12.3 Å². The zero-order chi connectivity index (χ0) is 16.9. The van der Waals surface area contributed by atoms with Crippen LogP contribution < -0.4 is 10.2 Å². The highest BCUT2D eigenvalue weighted by Crippen LogP contribution is 2.21. The minimum absolute atomic E-state index is 0.0303. The number of rotatable bonds is 3. The first-order valence-electron chi connectivity index (χ1n) is 8.11. The van der Waals surface area contributed by atoms with E-state index in [1.165, 1.54) is 43.9 Å². The molecule has 1 aromatic carbocycles. The van der Waals surface area contributed by atoms with Crippen molar-refractivity contribution in [1.29, 1.82) is 0 Å². The number of benzene rings is 1. The van der Waals surface area contributed by atoms with E-state index in [0.717, 1.165) is 18.8 Å². The summed E-state index contributed by atoms with van der Waals surface area (Å²) in [7, 11) is 0. The Morgan fingerprint density at radius 2 is 1.88 bits per heavy atom. The highest BCUT2D eigenvalue weighted by atomic mass is 35.5. The molecule has 3 rings (SSSR count). The normalized spacial score (nSPS) is 15.0. The molecule has 6 heteroatoms. The molecule has 1 aliphatic heterocycles. The van der Waals surface area contributed by atoms with Crippen LogP contribution in [0.2, 0.25) is 5.02 Å². The van der Waals surface area contributed by atoms with Crippen LogP contribution in [-0.4, -0.2) is 24.0 Å². The van der Waals surface area contributed by atoms with Crippen molar-refractivity contribution in [2.75, 3.05) is 23.3 Å². The molecule has 2 aromatic rings. The Morgan fingerprint density at radius 3 is 2.50 bits per heavy atom. The Balaban J connectivity index is 1.68. The lowest BCUT2D eigenvalue weighted by molar-refractivity contribution is 0.102. The largest absolute Gasteiger partial charge is 0.370 e. The Labute approximate surface area is 145 Å². The fourth-order valence-corrected chi connectivity index (χ4v) is 2.99. The summed E-state index contributed by atoms with van der Waals surface area (Å²) in [5, 5.41) is 2.64. The second kappa shape index (κ2) is 7.62. The van der Waals surface area contributed by atoms with E-state index in [-0.39, 0.29) is 10.9 Å². The second-order valence-electron chi connectivity index (χ2n) is 5.89. The molecule has 1 saturated heterocycles. The Bertz CT molecular complexity index is 713. The molecule has 0 radical (unpaired) electrons. The Morgan fingerprint density at radius 1 is 1.12 bits per heavy atom. The molecule has 0 unspecified atom stereocenters. The monoisotopic (exact) mass is 347 g/mol. The lowest BCUT2D eigenvalue weighted by Gasteiger charge is -2.22. The molecule has 126 valence electrons. The van der Waals surface area contributed by atoms with Gasteiger partial charge in [0, 0.05) is 18.8 Å². The highest BCUT2D eigenvalue weighted by Gasteiger charge is 2.13. The van der Waals surface area contributed by atoms with Gasteiger partial charge in [0.15, 0.2) is 0 Å². The van der Waals surface area contributed by atoms with Crippen molar-refractivity contribution < 1.29 is 9.18 Å². The van der Waals surface area contributed by atoms with Crippen molar-refractivity contribution in [2.45, 2.75) is 25.7 Å². The predicted molar refractivity (Wildman–Crippen MR) is 94.3 cm³/mol. The van der Waals surface area contributed by atoms with E-state index in [4.69, 9.17) is 11.6 Å². The minimum atomic E-state index is -0.519. The highest BCUT2D eigenvalue weighted by molar-refractivity contribution is 6.31. The smallest absolute Gasteiger partial charge is 0.274 e. The van der Waals surface area contributed by atoms with Crippen molar-refractivity contribution >= 4 is 28.9 Å². The van der Waals surface area contributed by atoms with Gasteiger partial charge in [-0.15, -0.1) is 0 Å². The zero-order valence-corrected chi connectivity index (χ0v) is 14.0. The van der Waals surface area contributed by atoms with E-state index in [2.05, 4.69) is 15.2 Å². The van der Waals surface area contributed by atoms with Crippen molar-refractivity contribution in [3.05, 3.63) is 53.1 Å². The van der Waals surface area contributed by atoms with Gasteiger partial charge in [-0.2, -0.15) is 0 Å². The number of nitrogens with one attached hydrogen (secondary N) is 1. The molecule has 1 aliphatic rings. The van der Waals surface area contributed by atoms with Crippen molar-refractivity contribution in [1.82, 2.24) is 4.98 Å². The molecule has 4 nitrogen and oxygen atoms in total. The number of anilines is 2. The maximum absolute atomic E-state index is 13.1. The Hall–Kier alpha value is -2.14. The molecule has 0 bridgehead atoms. The summed E-state index contributed by atoms with van der Waals surface area (Å²) in [6.07, 6.45) is 6.65. The third-order valence-corrected chi connectivity index (χ3v) is 4.42. The molecule has 0 atom stereocenters. The van der Waals surface area contributed by atoms with Crippen LogP contribution in [0.25, 0.3) is 0 Å². The number of halogens is 2. The quantitative estimate of drug-likeness (QED) is 0.888. The van der Waals surface area contributed by atoms with Crippen LogP contribution >= 0.6 is 11.6 Å². The number of hydrogen-bond donors (Lipinski definition) is 1. The van der Waals surface area contributed by atoms with Crippen LogP contribution in [0.3, 0.4) is 0 Å². The van der Waals surface area contributed by atoms with Gasteiger partial charge in [-0.05, 0) is 43.2 Å². The van der Waals surface area contributed by atoms with Gasteiger partial charge in [-0.3, -0.25) is 4.79 Å². The van der Waals surface area contributed by atoms with Gasteiger partial charge >= 0.3 is 0 Å². The average Bonchev–Trinajstić information content (AvgIpc) is 2.88. The molecular weight excluding hydrogens is 329 g/mol. The summed E-state index contributed by atoms with van der Waals surface area (Å²) in [5.41, 5.74) is 1.79. The first-order chi connectivity index (χ1) is 11.6. The van der Waals surface area contributed by atoms with Crippen LogP contribution in [0.15, 0.2) is 36.5 Å². The summed E-state index contributed by atoms with van der Waals surface area (Å²) in [6.45, 7) is 2.06. The molecular formula is C18H19ClFN3O. The predicted octanol–water partition coefficient (Wildman–Crippen LogP) is 4.51. The second-order valence-corrected chi connectivity index (χ2v) is 6.29. The van der Waals surface area contributed by atoms with Gasteiger partial charge in [0.05, 0.1) is 16.9 Å². The fourth-order valence-electron chi connectivity index (χ4n) is 2.81. The summed E-state index contributed by atoms with van der Waals surface area (Å²) in [5.74, 6) is -0.866. The first kappa shape index (κ1) is 16.7. The first-order valence-corrected chi connectivity index (χ1v) is 8.49. The van der Waals surface area contributed by atoms with Crippen molar-refractivity contribution in [3.63, 3.8) is 0 Å². The van der Waals surface area contributed by atoms with E-state index < -0.39 is 5.82 Å². The van der Waals surface area contributed by atoms with Gasteiger partial charge in [-0.1, -0.05) is 24.4 Å². The van der Waals surface area contributed by atoms with Crippen LogP contribution in [0.1, 0.15) is 36.2 Å². The van der Waals surface area contributed by atoms with E-state index >= 15 is 0 Å². The number of aromatic nitrogens is 1. The molecule has 1 fully saturated rings. The lowest BCUT2D eigenvalue weighted by Crippen LogP contribution is -2.24. The molecule has 0 saturated carbocycles. The minimum Gasteiger partial charge on any atom is -0.370 e. The molecule has 1 aromatic heterocycles. The molecule has 24 heavy (non-hydrogen) atoms. The zero-order valence-electron chi connectivity index (χ0n) is 13.3. The van der Waals surface area contributed by atoms with Crippen molar-refractivity contribution in [3.8, 4) is 0 Å². The SMILES string of the molecule is O=C(Nc1ccc(F)c(Cl)c1)c1ccc(N2CCCCCC2)cn1. The average molecular weight is 348 g/mol. The standard InChI is InChI=1S/C18H19ClFN3O/c19-15-11-13(5-7-16(15)20)22-18(24)17-8-6-14(12-21-17)23-9-3-1-2-4-10-23/h5-8,11-12H,1-4,9-10H2,(H,22,24). The van der Waals surface area contributed by atoms with Gasteiger partial charge in [-0.25, -0.2) is 9.37 Å². The number of pyridine rings is 1. The fraction of sp³-hybridized carbons (Fsp3) is 0.333. The lowest BCUT2D eigenvalue weighted by atomic mass is 10.2. The third-order valence-electron chi connectivity index (χ3n) is 4.13. The van der Waals surface area contributed by atoms with Gasteiger partial charge < -0.3 is 10.2 Å². The summed E-state index contributed by atoms with van der Waals surface area (Å²) >= 11 is 5.72. The molecule has 1 amide bonds. The van der Waals surface area contributed by atoms with Crippen molar-refractivity contribution in [2.24, 2.45) is 0 Å². The Kier molecular flexibility index (Phi) is 5.30. The van der Waals surface area contributed by atoms with Crippen LogP contribution in [0.4, 0.5) is 15.8 Å². The molecule has 0 aliphatic carbocycles. The number of amides is 1. The number of carbonyl (C=O) groups is 1. The molecule has 0 spiro atoms. The third kappa shape index (κ3) is 4.03. The van der Waals surface area contributed by atoms with Gasteiger partial charge in [0.25, 0.3) is 5.91 Å². The van der Waals surface area contributed by atoms with E-state index in [1.807, 2.05) is 6.07 Å². The summed E-state index contributed by atoms with van der Waals surface area (Å²) in [6, 6.07) is 7.68. The number of nitrogens with zero attached hydrogens (tertiary/aromatic N) is 2.